The molecule has 7 heteroatoms. The van der Waals surface area contributed by atoms with E-state index in [1.54, 1.807) is 6.07 Å². The highest BCUT2D eigenvalue weighted by Gasteiger charge is 2.34. The normalized spacial score (nSPS) is 14.0. The van der Waals surface area contributed by atoms with E-state index in [1.165, 1.54) is 22.7 Å². The summed E-state index contributed by atoms with van der Waals surface area (Å²) in [4.78, 5) is 31.4. The molecular formula is C16H19N3O2S2. The van der Waals surface area contributed by atoms with Crippen LogP contribution in [0, 0.1) is 0 Å². The van der Waals surface area contributed by atoms with Gasteiger partial charge in [0.15, 0.2) is 5.13 Å². The van der Waals surface area contributed by atoms with E-state index in [1.807, 2.05) is 35.6 Å². The van der Waals surface area contributed by atoms with Crippen LogP contribution in [0.25, 0.3) is 0 Å². The zero-order valence-corrected chi connectivity index (χ0v) is 14.7. The van der Waals surface area contributed by atoms with E-state index in [-0.39, 0.29) is 17.9 Å². The number of anilines is 1. The minimum absolute atomic E-state index is 0.115. The smallest absolute Gasteiger partial charge is 0.267 e. The summed E-state index contributed by atoms with van der Waals surface area (Å²) in [5, 5.41) is 7.02. The molecule has 0 unspecified atom stereocenters. The zero-order chi connectivity index (χ0) is 16.4. The SMILES string of the molecule is CC(C)N(C(=O)Cc1csc(NC(=O)c2cccs2)n1)C1CC1. The Bertz CT molecular complexity index is 688. The van der Waals surface area contributed by atoms with Gasteiger partial charge in [0, 0.05) is 17.5 Å². The second-order valence-electron chi connectivity index (χ2n) is 5.88. The average Bonchev–Trinajstić information content (AvgIpc) is 3.01. The van der Waals surface area contributed by atoms with Gasteiger partial charge in [-0.05, 0) is 38.1 Å². The van der Waals surface area contributed by atoms with E-state index >= 15 is 0 Å². The predicted molar refractivity (Wildman–Crippen MR) is 93.1 cm³/mol. The van der Waals surface area contributed by atoms with Crippen LogP contribution in [0.4, 0.5) is 5.13 Å². The van der Waals surface area contributed by atoms with Gasteiger partial charge < -0.3 is 4.90 Å². The van der Waals surface area contributed by atoms with Crippen LogP contribution in [0.1, 0.15) is 42.1 Å². The van der Waals surface area contributed by atoms with Crippen LogP contribution < -0.4 is 5.32 Å². The maximum Gasteiger partial charge on any atom is 0.267 e. The molecular weight excluding hydrogens is 330 g/mol. The van der Waals surface area contributed by atoms with Gasteiger partial charge >= 0.3 is 0 Å². The first-order chi connectivity index (χ1) is 11.0. The summed E-state index contributed by atoms with van der Waals surface area (Å²) in [6.45, 7) is 4.09. The molecule has 0 radical (unpaired) electrons. The van der Waals surface area contributed by atoms with Crippen molar-refractivity contribution < 1.29 is 9.59 Å². The van der Waals surface area contributed by atoms with Gasteiger partial charge in [-0.1, -0.05) is 6.07 Å². The number of nitrogens with one attached hydrogen (secondary N) is 1. The number of hydrogen-bond donors (Lipinski definition) is 1. The van der Waals surface area contributed by atoms with E-state index in [4.69, 9.17) is 0 Å². The average molecular weight is 349 g/mol. The second-order valence-corrected chi connectivity index (χ2v) is 7.68. The lowest BCUT2D eigenvalue weighted by atomic mass is 10.2. The first-order valence-corrected chi connectivity index (χ1v) is 9.41. The van der Waals surface area contributed by atoms with Crippen LogP contribution >= 0.6 is 22.7 Å². The summed E-state index contributed by atoms with van der Waals surface area (Å²) >= 11 is 2.74. The van der Waals surface area contributed by atoms with Crippen molar-refractivity contribution in [2.45, 2.75) is 45.2 Å². The summed E-state index contributed by atoms with van der Waals surface area (Å²) in [5.74, 6) is -0.0436. The van der Waals surface area contributed by atoms with E-state index < -0.39 is 0 Å². The molecule has 122 valence electrons. The van der Waals surface area contributed by atoms with Gasteiger partial charge in [-0.3, -0.25) is 14.9 Å². The molecule has 1 N–H and O–H groups in total. The first-order valence-electron chi connectivity index (χ1n) is 7.65. The third-order valence-electron chi connectivity index (χ3n) is 3.63. The lowest BCUT2D eigenvalue weighted by Crippen LogP contribution is -2.39. The molecule has 0 bridgehead atoms. The highest BCUT2D eigenvalue weighted by atomic mass is 32.1. The van der Waals surface area contributed by atoms with Crippen molar-refractivity contribution in [3.63, 3.8) is 0 Å². The van der Waals surface area contributed by atoms with Crippen LogP contribution in [0.2, 0.25) is 0 Å². The molecule has 2 aromatic rings. The number of rotatable bonds is 6. The molecule has 0 aromatic carbocycles. The number of nitrogens with zero attached hydrogens (tertiary/aromatic N) is 2. The molecule has 1 fully saturated rings. The Balaban J connectivity index is 1.60. The summed E-state index contributed by atoms with van der Waals surface area (Å²) in [5.41, 5.74) is 0.716. The molecule has 23 heavy (non-hydrogen) atoms. The first kappa shape index (κ1) is 16.1. The molecule has 3 rings (SSSR count). The Labute approximate surface area is 143 Å². The van der Waals surface area contributed by atoms with Crippen molar-refractivity contribution in [2.75, 3.05) is 5.32 Å². The summed E-state index contributed by atoms with van der Waals surface area (Å²) in [6.07, 6.45) is 2.49. The maximum atomic E-state index is 12.5. The maximum absolute atomic E-state index is 12.5. The third kappa shape index (κ3) is 3.97. The molecule has 2 heterocycles. The van der Waals surface area contributed by atoms with Crippen LogP contribution in [0.5, 0.6) is 0 Å². The Morgan fingerprint density at radius 3 is 2.78 bits per heavy atom. The Hall–Kier alpha value is -1.73. The highest BCUT2D eigenvalue weighted by Crippen LogP contribution is 2.29. The van der Waals surface area contributed by atoms with E-state index in [2.05, 4.69) is 10.3 Å². The lowest BCUT2D eigenvalue weighted by molar-refractivity contribution is -0.132. The number of aromatic nitrogens is 1. The number of thiazole rings is 1. The van der Waals surface area contributed by atoms with Crippen molar-refractivity contribution in [3.05, 3.63) is 33.5 Å². The van der Waals surface area contributed by atoms with Crippen LogP contribution in [0.3, 0.4) is 0 Å². The quantitative estimate of drug-likeness (QED) is 0.869. The molecule has 2 amide bonds. The number of carbonyl (C=O) groups is 2. The molecule has 0 aliphatic heterocycles. The number of amides is 2. The van der Waals surface area contributed by atoms with Gasteiger partial charge in [0.2, 0.25) is 5.91 Å². The van der Waals surface area contributed by atoms with Crippen LogP contribution in [0.15, 0.2) is 22.9 Å². The molecule has 0 atom stereocenters. The molecule has 1 aliphatic carbocycles. The second kappa shape index (κ2) is 6.80. The van der Waals surface area contributed by atoms with E-state index in [0.29, 0.717) is 28.2 Å². The molecule has 0 spiro atoms. The van der Waals surface area contributed by atoms with Gasteiger partial charge in [0.1, 0.15) is 0 Å². The topological polar surface area (TPSA) is 62.3 Å². The fraction of sp³-hybridized carbons (Fsp3) is 0.438. The standard InChI is InChI=1S/C16H19N3O2S2/c1-10(2)19(12-5-6-12)14(20)8-11-9-23-16(17-11)18-15(21)13-4-3-7-22-13/h3-4,7,9-10,12H,5-6,8H2,1-2H3,(H,17,18,21). The van der Waals surface area contributed by atoms with Gasteiger partial charge in [-0.2, -0.15) is 0 Å². The molecule has 5 nitrogen and oxygen atoms in total. The monoisotopic (exact) mass is 349 g/mol. The van der Waals surface area contributed by atoms with E-state index in [0.717, 1.165) is 12.8 Å². The van der Waals surface area contributed by atoms with Crippen molar-refractivity contribution >= 4 is 39.6 Å². The minimum Gasteiger partial charge on any atom is -0.337 e. The Kier molecular flexibility index (Phi) is 4.77. The molecule has 1 aliphatic rings. The van der Waals surface area contributed by atoms with Crippen LogP contribution in [-0.2, 0) is 11.2 Å². The minimum atomic E-state index is -0.158. The number of hydrogen-bond acceptors (Lipinski definition) is 5. The van der Waals surface area contributed by atoms with E-state index in [9.17, 15) is 9.59 Å². The predicted octanol–water partition coefficient (Wildman–Crippen LogP) is 3.40. The molecule has 0 saturated heterocycles. The largest absolute Gasteiger partial charge is 0.337 e. The summed E-state index contributed by atoms with van der Waals surface area (Å²) in [6, 6.07) is 4.23. The van der Waals surface area contributed by atoms with Gasteiger partial charge in [0.05, 0.1) is 17.0 Å². The fourth-order valence-electron chi connectivity index (χ4n) is 2.52. The fourth-order valence-corrected chi connectivity index (χ4v) is 3.85. The number of carbonyl (C=O) groups excluding carboxylic acids is 2. The Morgan fingerprint density at radius 1 is 1.39 bits per heavy atom. The van der Waals surface area contributed by atoms with Gasteiger partial charge in [-0.15, -0.1) is 22.7 Å². The van der Waals surface area contributed by atoms with Crippen molar-refractivity contribution in [1.29, 1.82) is 0 Å². The van der Waals surface area contributed by atoms with Crippen molar-refractivity contribution in [3.8, 4) is 0 Å². The van der Waals surface area contributed by atoms with Crippen molar-refractivity contribution in [2.24, 2.45) is 0 Å². The van der Waals surface area contributed by atoms with Gasteiger partial charge in [-0.25, -0.2) is 4.98 Å². The number of thiophene rings is 1. The third-order valence-corrected chi connectivity index (χ3v) is 5.31. The highest BCUT2D eigenvalue weighted by molar-refractivity contribution is 7.14. The summed E-state index contributed by atoms with van der Waals surface area (Å²) < 4.78 is 0. The van der Waals surface area contributed by atoms with Crippen LogP contribution in [-0.4, -0.2) is 33.8 Å². The van der Waals surface area contributed by atoms with Gasteiger partial charge in [0.25, 0.3) is 5.91 Å². The lowest BCUT2D eigenvalue weighted by Gasteiger charge is -2.26. The zero-order valence-electron chi connectivity index (χ0n) is 13.1. The summed E-state index contributed by atoms with van der Waals surface area (Å²) in [7, 11) is 0. The van der Waals surface area contributed by atoms with Crippen molar-refractivity contribution in [1.82, 2.24) is 9.88 Å². The molecule has 1 saturated carbocycles. The Morgan fingerprint density at radius 2 is 2.17 bits per heavy atom. The molecule has 2 aromatic heterocycles.